The quantitative estimate of drug-likeness (QED) is 0.861. The fourth-order valence-electron chi connectivity index (χ4n) is 2.58. The van der Waals surface area contributed by atoms with Crippen LogP contribution in [-0.4, -0.2) is 33.8 Å². The number of piperidine rings is 1. The highest BCUT2D eigenvalue weighted by Crippen LogP contribution is 2.20. The van der Waals surface area contributed by atoms with Crippen molar-refractivity contribution < 1.29 is 0 Å². The zero-order valence-corrected chi connectivity index (χ0v) is 11.0. The average Bonchev–Trinajstić information content (AvgIpc) is 2.77. The smallest absolute Gasteiger partial charge is 0.0534 e. The maximum atomic E-state index is 6.01. The van der Waals surface area contributed by atoms with Gasteiger partial charge in [-0.15, -0.1) is 0 Å². The third-order valence-corrected chi connectivity index (χ3v) is 3.70. The minimum Gasteiger partial charge on any atom is -0.328 e. The van der Waals surface area contributed by atoms with Crippen LogP contribution in [0.5, 0.6) is 0 Å². The van der Waals surface area contributed by atoms with Crippen molar-refractivity contribution in [1.82, 2.24) is 14.7 Å². The molecule has 1 aromatic rings. The van der Waals surface area contributed by atoms with Crippen molar-refractivity contribution in [3.63, 3.8) is 0 Å². The lowest BCUT2D eigenvalue weighted by Crippen LogP contribution is -2.41. The molecule has 17 heavy (non-hydrogen) atoms. The largest absolute Gasteiger partial charge is 0.328 e. The minimum atomic E-state index is 0.316. The molecule has 0 spiro atoms. The summed E-state index contributed by atoms with van der Waals surface area (Å²) in [4.78, 5) is 2.51. The van der Waals surface area contributed by atoms with Gasteiger partial charge in [0.15, 0.2) is 0 Å². The van der Waals surface area contributed by atoms with E-state index in [9.17, 15) is 0 Å². The Bertz CT molecular complexity index is 345. The van der Waals surface area contributed by atoms with Gasteiger partial charge in [0.05, 0.1) is 6.20 Å². The SMILES string of the molecule is CCn1cc(CN2CCCC(C(C)N)C2)cn1. The van der Waals surface area contributed by atoms with E-state index in [1.807, 2.05) is 10.9 Å². The van der Waals surface area contributed by atoms with Crippen LogP contribution in [0, 0.1) is 5.92 Å². The van der Waals surface area contributed by atoms with Gasteiger partial charge in [0.25, 0.3) is 0 Å². The predicted octanol–water partition coefficient (Wildman–Crippen LogP) is 1.46. The number of hydrogen-bond acceptors (Lipinski definition) is 3. The van der Waals surface area contributed by atoms with Gasteiger partial charge < -0.3 is 5.73 Å². The molecule has 4 nitrogen and oxygen atoms in total. The lowest BCUT2D eigenvalue weighted by atomic mass is 9.92. The number of rotatable bonds is 4. The highest BCUT2D eigenvalue weighted by molar-refractivity contribution is 5.04. The van der Waals surface area contributed by atoms with Crippen molar-refractivity contribution in [1.29, 1.82) is 0 Å². The topological polar surface area (TPSA) is 47.1 Å². The third-order valence-electron chi connectivity index (χ3n) is 3.70. The summed E-state index contributed by atoms with van der Waals surface area (Å²) >= 11 is 0. The van der Waals surface area contributed by atoms with Crippen molar-refractivity contribution >= 4 is 0 Å². The van der Waals surface area contributed by atoms with Crippen LogP contribution in [0.1, 0.15) is 32.3 Å². The lowest BCUT2D eigenvalue weighted by Gasteiger charge is -2.34. The van der Waals surface area contributed by atoms with Crippen LogP contribution in [0.3, 0.4) is 0 Å². The van der Waals surface area contributed by atoms with Crippen molar-refractivity contribution in [2.75, 3.05) is 13.1 Å². The van der Waals surface area contributed by atoms with E-state index in [0.717, 1.165) is 19.6 Å². The Morgan fingerprint density at radius 3 is 3.06 bits per heavy atom. The Hall–Kier alpha value is -0.870. The fraction of sp³-hybridized carbons (Fsp3) is 0.769. The highest BCUT2D eigenvalue weighted by Gasteiger charge is 2.22. The Kier molecular flexibility index (Phi) is 4.18. The van der Waals surface area contributed by atoms with Gasteiger partial charge in [0.2, 0.25) is 0 Å². The Morgan fingerprint density at radius 2 is 2.41 bits per heavy atom. The number of nitrogens with two attached hydrogens (primary N) is 1. The van der Waals surface area contributed by atoms with Gasteiger partial charge in [0.1, 0.15) is 0 Å². The molecule has 1 aliphatic heterocycles. The normalized spacial score (nSPS) is 23.8. The standard InChI is InChI=1S/C13H24N4/c1-3-17-9-12(7-15-17)8-16-6-4-5-13(10-16)11(2)14/h7,9,11,13H,3-6,8,10,14H2,1-2H3. The molecule has 0 saturated carbocycles. The summed E-state index contributed by atoms with van der Waals surface area (Å²) in [6, 6.07) is 0.316. The molecule has 4 heteroatoms. The molecule has 1 saturated heterocycles. The number of likely N-dealkylation sites (tertiary alicyclic amines) is 1. The first-order valence-electron chi connectivity index (χ1n) is 6.68. The summed E-state index contributed by atoms with van der Waals surface area (Å²) in [6.45, 7) is 8.54. The Morgan fingerprint density at radius 1 is 1.59 bits per heavy atom. The van der Waals surface area contributed by atoms with Crippen molar-refractivity contribution in [2.45, 2.75) is 45.8 Å². The van der Waals surface area contributed by atoms with Crippen LogP contribution in [0.25, 0.3) is 0 Å². The van der Waals surface area contributed by atoms with E-state index in [0.29, 0.717) is 12.0 Å². The van der Waals surface area contributed by atoms with Gasteiger partial charge in [-0.2, -0.15) is 5.10 Å². The molecule has 0 bridgehead atoms. The molecule has 2 atom stereocenters. The predicted molar refractivity (Wildman–Crippen MR) is 69.6 cm³/mol. The summed E-state index contributed by atoms with van der Waals surface area (Å²) in [5, 5.41) is 4.32. The van der Waals surface area contributed by atoms with E-state index in [-0.39, 0.29) is 0 Å². The minimum absolute atomic E-state index is 0.316. The van der Waals surface area contributed by atoms with Crippen LogP contribution in [0.4, 0.5) is 0 Å². The molecule has 0 radical (unpaired) electrons. The van der Waals surface area contributed by atoms with E-state index in [1.165, 1.54) is 24.9 Å². The van der Waals surface area contributed by atoms with Crippen LogP contribution >= 0.6 is 0 Å². The Balaban J connectivity index is 1.90. The van der Waals surface area contributed by atoms with Crippen molar-refractivity contribution in [3.05, 3.63) is 18.0 Å². The molecule has 1 aromatic heterocycles. The molecule has 1 fully saturated rings. The van der Waals surface area contributed by atoms with Gasteiger partial charge in [-0.1, -0.05) is 0 Å². The van der Waals surface area contributed by atoms with E-state index in [1.54, 1.807) is 0 Å². The molecule has 0 amide bonds. The summed E-state index contributed by atoms with van der Waals surface area (Å²) in [6.07, 6.45) is 6.69. The third kappa shape index (κ3) is 3.30. The molecule has 0 aliphatic carbocycles. The van der Waals surface area contributed by atoms with E-state index >= 15 is 0 Å². The molecule has 2 heterocycles. The van der Waals surface area contributed by atoms with Gasteiger partial charge in [-0.3, -0.25) is 9.58 Å². The molecular formula is C13H24N4. The van der Waals surface area contributed by atoms with E-state index in [4.69, 9.17) is 5.73 Å². The first kappa shape index (κ1) is 12.6. The number of aromatic nitrogens is 2. The van der Waals surface area contributed by atoms with Gasteiger partial charge >= 0.3 is 0 Å². The molecule has 0 aromatic carbocycles. The number of nitrogens with zero attached hydrogens (tertiary/aromatic N) is 3. The zero-order chi connectivity index (χ0) is 12.3. The number of aryl methyl sites for hydroxylation is 1. The molecule has 2 unspecified atom stereocenters. The molecular weight excluding hydrogens is 212 g/mol. The first-order valence-corrected chi connectivity index (χ1v) is 6.68. The molecule has 2 N–H and O–H groups in total. The van der Waals surface area contributed by atoms with E-state index < -0.39 is 0 Å². The zero-order valence-electron chi connectivity index (χ0n) is 11.0. The molecule has 1 aliphatic rings. The monoisotopic (exact) mass is 236 g/mol. The molecule has 96 valence electrons. The summed E-state index contributed by atoms with van der Waals surface area (Å²) in [7, 11) is 0. The maximum absolute atomic E-state index is 6.01. The fourth-order valence-corrected chi connectivity index (χ4v) is 2.58. The van der Waals surface area contributed by atoms with Crippen LogP contribution in [0.15, 0.2) is 12.4 Å². The van der Waals surface area contributed by atoms with Crippen LogP contribution < -0.4 is 5.73 Å². The summed E-state index contributed by atoms with van der Waals surface area (Å²) in [5.74, 6) is 0.657. The second-order valence-corrected chi connectivity index (χ2v) is 5.20. The van der Waals surface area contributed by atoms with Gasteiger partial charge in [0, 0.05) is 37.4 Å². The van der Waals surface area contributed by atoms with E-state index in [2.05, 4.69) is 30.0 Å². The average molecular weight is 236 g/mol. The number of hydrogen-bond donors (Lipinski definition) is 1. The van der Waals surface area contributed by atoms with Gasteiger partial charge in [-0.05, 0) is 39.2 Å². The van der Waals surface area contributed by atoms with Crippen molar-refractivity contribution in [3.8, 4) is 0 Å². The second kappa shape index (κ2) is 5.65. The van der Waals surface area contributed by atoms with Gasteiger partial charge in [-0.25, -0.2) is 0 Å². The first-order chi connectivity index (χ1) is 8.19. The Labute approximate surface area is 104 Å². The van der Waals surface area contributed by atoms with Crippen LogP contribution in [0.2, 0.25) is 0 Å². The summed E-state index contributed by atoms with van der Waals surface area (Å²) in [5.41, 5.74) is 7.32. The maximum Gasteiger partial charge on any atom is 0.0534 e. The summed E-state index contributed by atoms with van der Waals surface area (Å²) < 4.78 is 1.99. The van der Waals surface area contributed by atoms with Crippen LogP contribution in [-0.2, 0) is 13.1 Å². The second-order valence-electron chi connectivity index (χ2n) is 5.20. The lowest BCUT2D eigenvalue weighted by molar-refractivity contribution is 0.154. The highest BCUT2D eigenvalue weighted by atomic mass is 15.3. The molecule has 2 rings (SSSR count). The van der Waals surface area contributed by atoms with Crippen molar-refractivity contribution in [2.24, 2.45) is 11.7 Å².